The number of hydrogen-bond donors (Lipinski definition) is 2. The van der Waals surface area contributed by atoms with Crippen molar-refractivity contribution in [2.24, 2.45) is 0 Å². The quantitative estimate of drug-likeness (QED) is 0.861. The molecule has 1 aliphatic rings. The minimum atomic E-state index is -0.434. The first-order chi connectivity index (χ1) is 10.3. The molecule has 0 bridgehead atoms. The molecule has 0 saturated heterocycles. The summed E-state index contributed by atoms with van der Waals surface area (Å²) in [5.41, 5.74) is 2.04. The van der Waals surface area contributed by atoms with Crippen LogP contribution in [0.15, 0.2) is 29.1 Å². The van der Waals surface area contributed by atoms with Crippen LogP contribution < -0.4 is 5.32 Å². The fourth-order valence-corrected chi connectivity index (χ4v) is 3.65. The molecular formula is C16H23N3OS. The Labute approximate surface area is 129 Å². The van der Waals surface area contributed by atoms with Gasteiger partial charge in [-0.2, -0.15) is 16.4 Å². The third-order valence-corrected chi connectivity index (χ3v) is 4.89. The topological polar surface area (TPSA) is 50.1 Å². The van der Waals surface area contributed by atoms with Gasteiger partial charge in [0.05, 0.1) is 17.8 Å². The third kappa shape index (κ3) is 3.93. The largest absolute Gasteiger partial charge is 0.387 e. The molecule has 0 spiro atoms. The van der Waals surface area contributed by atoms with Crippen LogP contribution in [0.3, 0.4) is 0 Å². The number of aromatic nitrogens is 2. The third-order valence-electron chi connectivity index (χ3n) is 4.18. The number of thiophene rings is 1. The maximum atomic E-state index is 10.0. The molecule has 3 rings (SSSR count). The number of aliphatic hydroxyl groups excluding tert-OH is 1. The first-order valence-corrected chi connectivity index (χ1v) is 8.72. The molecule has 1 atom stereocenters. The van der Waals surface area contributed by atoms with Gasteiger partial charge in [-0.25, -0.2) is 0 Å². The van der Waals surface area contributed by atoms with Crippen LogP contribution in [-0.2, 0) is 6.54 Å². The fraction of sp³-hybridized carbons (Fsp3) is 0.562. The van der Waals surface area contributed by atoms with E-state index in [0.717, 1.165) is 11.3 Å². The van der Waals surface area contributed by atoms with Gasteiger partial charge in [-0.1, -0.05) is 19.3 Å². The Kier molecular flexibility index (Phi) is 5.06. The highest BCUT2D eigenvalue weighted by Crippen LogP contribution is 2.27. The molecule has 0 aromatic carbocycles. The van der Waals surface area contributed by atoms with Gasteiger partial charge in [0, 0.05) is 19.3 Å². The molecule has 2 N–H and O–H groups in total. The van der Waals surface area contributed by atoms with Crippen LogP contribution in [0.4, 0.5) is 0 Å². The van der Waals surface area contributed by atoms with E-state index in [1.165, 1.54) is 32.1 Å². The monoisotopic (exact) mass is 305 g/mol. The van der Waals surface area contributed by atoms with Gasteiger partial charge < -0.3 is 10.4 Å². The second-order valence-corrected chi connectivity index (χ2v) is 6.56. The van der Waals surface area contributed by atoms with Crippen molar-refractivity contribution in [3.63, 3.8) is 0 Å². The summed E-state index contributed by atoms with van der Waals surface area (Å²) in [4.78, 5) is 0. The Hall–Kier alpha value is -1.17. The number of rotatable bonds is 6. The van der Waals surface area contributed by atoms with E-state index in [4.69, 9.17) is 0 Å². The first-order valence-electron chi connectivity index (χ1n) is 7.78. The molecule has 1 aliphatic carbocycles. The summed E-state index contributed by atoms with van der Waals surface area (Å²) in [5.74, 6) is 0. The van der Waals surface area contributed by atoms with E-state index in [1.54, 1.807) is 11.3 Å². The number of nitrogens with one attached hydrogen (secondary N) is 1. The van der Waals surface area contributed by atoms with Gasteiger partial charge in [-0.15, -0.1) is 0 Å². The van der Waals surface area contributed by atoms with Gasteiger partial charge in [0.2, 0.25) is 0 Å². The lowest BCUT2D eigenvalue weighted by atomic mass is 9.96. The van der Waals surface area contributed by atoms with E-state index < -0.39 is 6.10 Å². The molecule has 0 aliphatic heterocycles. The van der Waals surface area contributed by atoms with Crippen molar-refractivity contribution in [1.29, 1.82) is 0 Å². The van der Waals surface area contributed by atoms with Gasteiger partial charge in [0.1, 0.15) is 0 Å². The summed E-state index contributed by atoms with van der Waals surface area (Å²) in [6, 6.07) is 4.64. The van der Waals surface area contributed by atoms with Crippen molar-refractivity contribution in [3.8, 4) is 0 Å². The molecule has 5 heteroatoms. The Morgan fingerprint density at radius 2 is 2.19 bits per heavy atom. The fourth-order valence-electron chi connectivity index (χ4n) is 2.94. The van der Waals surface area contributed by atoms with E-state index in [0.29, 0.717) is 19.1 Å². The second kappa shape index (κ2) is 7.20. The van der Waals surface area contributed by atoms with E-state index in [1.807, 2.05) is 16.8 Å². The highest BCUT2D eigenvalue weighted by molar-refractivity contribution is 7.07. The van der Waals surface area contributed by atoms with Crippen molar-refractivity contribution >= 4 is 11.3 Å². The highest BCUT2D eigenvalue weighted by atomic mass is 32.1. The van der Waals surface area contributed by atoms with Crippen molar-refractivity contribution < 1.29 is 5.11 Å². The van der Waals surface area contributed by atoms with Crippen LogP contribution in [0.25, 0.3) is 0 Å². The molecule has 1 fully saturated rings. The SMILES string of the molecule is OC(CNCc1ccn(C2CCCCC2)n1)c1ccsc1. The van der Waals surface area contributed by atoms with Crippen LogP contribution in [0.5, 0.6) is 0 Å². The minimum absolute atomic E-state index is 0.434. The molecule has 0 radical (unpaired) electrons. The average Bonchev–Trinajstić information content (AvgIpc) is 3.20. The molecule has 4 nitrogen and oxygen atoms in total. The van der Waals surface area contributed by atoms with Crippen LogP contribution in [0.2, 0.25) is 0 Å². The van der Waals surface area contributed by atoms with Crippen LogP contribution in [-0.4, -0.2) is 21.4 Å². The second-order valence-electron chi connectivity index (χ2n) is 5.78. The number of nitrogens with zero attached hydrogens (tertiary/aromatic N) is 2. The minimum Gasteiger partial charge on any atom is -0.387 e. The zero-order valence-electron chi connectivity index (χ0n) is 12.2. The predicted octanol–water partition coefficient (Wildman–Crippen LogP) is 3.27. The molecule has 1 saturated carbocycles. The first kappa shape index (κ1) is 14.8. The summed E-state index contributed by atoms with van der Waals surface area (Å²) in [6.45, 7) is 1.27. The standard InChI is InChI=1S/C16H23N3OS/c20-16(13-7-9-21-12-13)11-17-10-14-6-8-19(18-14)15-4-2-1-3-5-15/h6-9,12,15-17,20H,1-5,10-11H2. The summed E-state index contributed by atoms with van der Waals surface area (Å²) in [6.07, 6.45) is 8.19. The lowest BCUT2D eigenvalue weighted by molar-refractivity contribution is 0.174. The zero-order chi connectivity index (χ0) is 14.5. The lowest BCUT2D eigenvalue weighted by Gasteiger charge is -2.21. The Bertz CT molecular complexity index is 531. The van der Waals surface area contributed by atoms with E-state index in [-0.39, 0.29) is 0 Å². The van der Waals surface area contributed by atoms with E-state index >= 15 is 0 Å². The van der Waals surface area contributed by atoms with Crippen molar-refractivity contribution in [2.75, 3.05) is 6.54 Å². The average molecular weight is 305 g/mol. The highest BCUT2D eigenvalue weighted by Gasteiger charge is 2.16. The van der Waals surface area contributed by atoms with Gasteiger partial charge in [-0.3, -0.25) is 4.68 Å². The molecule has 0 amide bonds. The smallest absolute Gasteiger partial charge is 0.0922 e. The lowest BCUT2D eigenvalue weighted by Crippen LogP contribution is -2.21. The Morgan fingerprint density at radius 3 is 2.95 bits per heavy atom. The molecule has 2 aromatic heterocycles. The summed E-state index contributed by atoms with van der Waals surface area (Å²) in [7, 11) is 0. The molecule has 114 valence electrons. The summed E-state index contributed by atoms with van der Waals surface area (Å²) in [5, 5.41) is 21.9. The molecular weight excluding hydrogens is 282 g/mol. The van der Waals surface area contributed by atoms with Crippen molar-refractivity contribution in [3.05, 3.63) is 40.3 Å². The Morgan fingerprint density at radius 1 is 1.33 bits per heavy atom. The van der Waals surface area contributed by atoms with E-state index in [2.05, 4.69) is 27.4 Å². The maximum Gasteiger partial charge on any atom is 0.0922 e. The van der Waals surface area contributed by atoms with Crippen LogP contribution in [0.1, 0.15) is 55.5 Å². The van der Waals surface area contributed by atoms with Gasteiger partial charge in [0.15, 0.2) is 0 Å². The van der Waals surface area contributed by atoms with Crippen molar-refractivity contribution in [2.45, 2.75) is 50.8 Å². The van der Waals surface area contributed by atoms with Crippen LogP contribution >= 0.6 is 11.3 Å². The summed E-state index contributed by atoms with van der Waals surface area (Å²) < 4.78 is 2.13. The van der Waals surface area contributed by atoms with Gasteiger partial charge in [-0.05, 0) is 41.3 Å². The van der Waals surface area contributed by atoms with E-state index in [9.17, 15) is 5.11 Å². The maximum absolute atomic E-state index is 10.0. The van der Waals surface area contributed by atoms with Crippen molar-refractivity contribution in [1.82, 2.24) is 15.1 Å². The molecule has 2 heterocycles. The molecule has 1 unspecified atom stereocenters. The normalized spacial score (nSPS) is 18.0. The predicted molar refractivity (Wildman–Crippen MR) is 85.3 cm³/mol. The molecule has 2 aromatic rings. The Balaban J connectivity index is 1.46. The zero-order valence-corrected chi connectivity index (χ0v) is 13.1. The summed E-state index contributed by atoms with van der Waals surface area (Å²) >= 11 is 1.61. The van der Waals surface area contributed by atoms with Gasteiger partial charge >= 0.3 is 0 Å². The number of hydrogen-bond acceptors (Lipinski definition) is 4. The number of aliphatic hydroxyl groups is 1. The van der Waals surface area contributed by atoms with Crippen LogP contribution in [0, 0.1) is 0 Å². The molecule has 21 heavy (non-hydrogen) atoms. The van der Waals surface area contributed by atoms with Gasteiger partial charge in [0.25, 0.3) is 0 Å².